The molecule has 12 rings (SSSR count). The maximum atomic E-state index is 6.24. The lowest BCUT2D eigenvalue weighted by Gasteiger charge is -2.34. The first-order valence-corrected chi connectivity index (χ1v) is 21.3. The molecule has 2 heterocycles. The summed E-state index contributed by atoms with van der Waals surface area (Å²) in [4.78, 5) is 3.71. The van der Waals surface area contributed by atoms with Crippen molar-refractivity contribution in [2.45, 2.75) is 5.41 Å². The van der Waals surface area contributed by atoms with Gasteiger partial charge in [-0.05, 0) is 116 Å². The second-order valence-electron chi connectivity index (χ2n) is 15.6. The Kier molecular flexibility index (Phi) is 7.97. The van der Waals surface area contributed by atoms with Gasteiger partial charge in [0.1, 0.15) is 11.2 Å². The van der Waals surface area contributed by atoms with Crippen LogP contribution in [-0.2, 0) is 5.41 Å². The third-order valence-electron chi connectivity index (χ3n) is 12.3. The predicted molar refractivity (Wildman–Crippen MR) is 252 cm³/mol. The molecule has 0 amide bonds. The number of rotatable bonds is 7. The van der Waals surface area contributed by atoms with Crippen molar-refractivity contribution in [2.75, 3.05) is 4.90 Å². The molecule has 1 aliphatic carbocycles. The summed E-state index contributed by atoms with van der Waals surface area (Å²) in [6, 6.07) is 81.6. The molecule has 60 heavy (non-hydrogen) atoms. The molecular weight excluding hydrogens is 747 g/mol. The van der Waals surface area contributed by atoms with Crippen molar-refractivity contribution in [1.82, 2.24) is 0 Å². The maximum absolute atomic E-state index is 6.24. The molecule has 3 heteroatoms. The van der Waals surface area contributed by atoms with Gasteiger partial charge in [0.15, 0.2) is 0 Å². The number of fused-ring (bicyclic) bond motifs is 8. The first-order valence-electron chi connectivity index (χ1n) is 20.5. The van der Waals surface area contributed by atoms with Crippen LogP contribution >= 0.6 is 11.3 Å². The van der Waals surface area contributed by atoms with E-state index in [2.05, 4.69) is 217 Å². The summed E-state index contributed by atoms with van der Waals surface area (Å²) in [5.41, 5.74) is 15.9. The van der Waals surface area contributed by atoms with Crippen molar-refractivity contribution in [3.63, 3.8) is 0 Å². The van der Waals surface area contributed by atoms with Crippen molar-refractivity contribution in [2.24, 2.45) is 0 Å². The van der Waals surface area contributed by atoms with Gasteiger partial charge in [0, 0.05) is 37.4 Å². The first kappa shape index (κ1) is 34.6. The first-order chi connectivity index (χ1) is 29.8. The lowest BCUT2D eigenvalue weighted by Crippen LogP contribution is -2.28. The van der Waals surface area contributed by atoms with Gasteiger partial charge in [0.05, 0.1) is 5.41 Å². The van der Waals surface area contributed by atoms with Gasteiger partial charge in [-0.2, -0.15) is 0 Å². The van der Waals surface area contributed by atoms with E-state index in [0.717, 1.165) is 44.6 Å². The molecule has 0 spiro atoms. The van der Waals surface area contributed by atoms with Gasteiger partial charge in [-0.15, -0.1) is 11.3 Å². The standard InChI is InChI=1S/C57H37NOS/c1-4-17-41(18-5-1)57(42-19-6-2-7-20-42)50-37-40(32-35-47(50)56-55(57)49-25-11-13-29-53(49)60-56)39-16-14-23-45(36-39)58(43-21-8-3-9-22-43)44-33-30-38(31-34-44)46-26-15-28-52-54(46)48-24-10-12-27-51(48)59-52/h1-37H. The van der Waals surface area contributed by atoms with Crippen LogP contribution < -0.4 is 4.90 Å². The third kappa shape index (κ3) is 5.26. The molecule has 0 unspecified atom stereocenters. The molecular formula is C57H37NOS. The van der Waals surface area contributed by atoms with Crippen LogP contribution in [0.2, 0.25) is 0 Å². The Morgan fingerprint density at radius 2 is 0.983 bits per heavy atom. The monoisotopic (exact) mass is 783 g/mol. The fourth-order valence-corrected chi connectivity index (χ4v) is 11.1. The minimum Gasteiger partial charge on any atom is -0.456 e. The molecule has 0 radical (unpaired) electrons. The molecule has 0 N–H and O–H groups in total. The summed E-state index contributed by atoms with van der Waals surface area (Å²) in [5, 5.41) is 3.61. The molecule has 0 fully saturated rings. The number of para-hydroxylation sites is 2. The zero-order valence-corrected chi connectivity index (χ0v) is 33.4. The van der Waals surface area contributed by atoms with Crippen LogP contribution in [0.5, 0.6) is 0 Å². The Morgan fingerprint density at radius 1 is 0.400 bits per heavy atom. The zero-order valence-electron chi connectivity index (χ0n) is 32.6. The third-order valence-corrected chi connectivity index (χ3v) is 13.5. The summed E-state index contributed by atoms with van der Waals surface area (Å²) in [6.45, 7) is 0. The number of thiophene rings is 1. The average molecular weight is 784 g/mol. The van der Waals surface area contributed by atoms with Crippen LogP contribution in [0, 0.1) is 0 Å². The molecule has 0 aliphatic heterocycles. The molecule has 1 aliphatic rings. The van der Waals surface area contributed by atoms with Gasteiger partial charge in [0.25, 0.3) is 0 Å². The van der Waals surface area contributed by atoms with E-state index in [1.807, 2.05) is 23.5 Å². The topological polar surface area (TPSA) is 16.4 Å². The number of hydrogen-bond acceptors (Lipinski definition) is 3. The second kappa shape index (κ2) is 13.8. The van der Waals surface area contributed by atoms with E-state index in [0.29, 0.717) is 0 Å². The minimum atomic E-state index is -0.481. The Labute approximate surface area is 352 Å². The Bertz CT molecular complexity index is 3320. The zero-order chi connectivity index (χ0) is 39.6. The van der Waals surface area contributed by atoms with Crippen LogP contribution in [0.25, 0.3) is 64.7 Å². The minimum absolute atomic E-state index is 0.481. The molecule has 0 bridgehead atoms. The molecule has 2 aromatic heterocycles. The predicted octanol–water partition coefficient (Wildman–Crippen LogP) is 16.0. The summed E-state index contributed by atoms with van der Waals surface area (Å²) < 4.78 is 7.56. The Hall–Kier alpha value is -7.46. The highest BCUT2D eigenvalue weighted by Gasteiger charge is 2.48. The van der Waals surface area contributed by atoms with E-state index in [-0.39, 0.29) is 0 Å². The van der Waals surface area contributed by atoms with E-state index < -0.39 is 5.41 Å². The van der Waals surface area contributed by atoms with Gasteiger partial charge in [-0.3, -0.25) is 0 Å². The van der Waals surface area contributed by atoms with E-state index in [1.54, 1.807) is 0 Å². The highest BCUT2D eigenvalue weighted by molar-refractivity contribution is 7.22. The summed E-state index contributed by atoms with van der Waals surface area (Å²) in [5.74, 6) is 0. The smallest absolute Gasteiger partial charge is 0.136 e. The lowest BCUT2D eigenvalue weighted by molar-refractivity contribution is 0.669. The van der Waals surface area contributed by atoms with E-state index in [4.69, 9.17) is 4.42 Å². The largest absolute Gasteiger partial charge is 0.456 e. The van der Waals surface area contributed by atoms with E-state index >= 15 is 0 Å². The van der Waals surface area contributed by atoms with Crippen LogP contribution in [-0.4, -0.2) is 0 Å². The number of benzene rings is 9. The average Bonchev–Trinajstić information content (AvgIpc) is 3.99. The van der Waals surface area contributed by atoms with Crippen LogP contribution in [0.4, 0.5) is 17.1 Å². The Morgan fingerprint density at radius 3 is 1.75 bits per heavy atom. The number of nitrogens with zero attached hydrogens (tertiary/aromatic N) is 1. The quantitative estimate of drug-likeness (QED) is 0.160. The molecule has 2 nitrogen and oxygen atoms in total. The highest BCUT2D eigenvalue weighted by atomic mass is 32.1. The van der Waals surface area contributed by atoms with E-state index in [1.165, 1.54) is 59.5 Å². The Balaban J connectivity index is 1.00. The fourth-order valence-electron chi connectivity index (χ4n) is 9.77. The van der Waals surface area contributed by atoms with Crippen molar-refractivity contribution in [1.29, 1.82) is 0 Å². The van der Waals surface area contributed by atoms with Crippen molar-refractivity contribution >= 4 is 60.4 Å². The normalized spacial score (nSPS) is 12.8. The molecule has 0 saturated heterocycles. The van der Waals surface area contributed by atoms with Crippen molar-refractivity contribution in [3.05, 3.63) is 247 Å². The summed E-state index contributed by atoms with van der Waals surface area (Å²) >= 11 is 1.91. The van der Waals surface area contributed by atoms with Crippen molar-refractivity contribution in [3.8, 4) is 32.7 Å². The lowest BCUT2D eigenvalue weighted by atomic mass is 9.67. The van der Waals surface area contributed by atoms with Gasteiger partial charge in [-0.1, -0.05) is 164 Å². The molecule has 282 valence electrons. The summed E-state index contributed by atoms with van der Waals surface area (Å²) in [7, 11) is 0. The number of anilines is 3. The van der Waals surface area contributed by atoms with Crippen LogP contribution in [0.15, 0.2) is 229 Å². The van der Waals surface area contributed by atoms with Crippen LogP contribution in [0.1, 0.15) is 22.3 Å². The fraction of sp³-hybridized carbons (Fsp3) is 0.0175. The molecule has 11 aromatic rings. The summed E-state index contributed by atoms with van der Waals surface area (Å²) in [6.07, 6.45) is 0. The van der Waals surface area contributed by atoms with Gasteiger partial charge in [-0.25, -0.2) is 0 Å². The van der Waals surface area contributed by atoms with Gasteiger partial charge >= 0.3 is 0 Å². The second-order valence-corrected chi connectivity index (χ2v) is 16.6. The van der Waals surface area contributed by atoms with Gasteiger partial charge in [0.2, 0.25) is 0 Å². The molecule has 0 saturated carbocycles. The molecule has 0 atom stereocenters. The van der Waals surface area contributed by atoms with E-state index in [9.17, 15) is 0 Å². The SMILES string of the molecule is c1ccc(N(c2ccc(-c3cccc4oc5ccccc5c34)cc2)c2cccc(-c3ccc4c(c3)C(c3ccccc3)(c3ccccc3)c3c-4sc4ccccc34)c2)cc1. The van der Waals surface area contributed by atoms with Crippen LogP contribution in [0.3, 0.4) is 0 Å². The number of hydrogen-bond donors (Lipinski definition) is 0. The number of furan rings is 1. The molecule has 9 aromatic carbocycles. The highest BCUT2D eigenvalue weighted by Crippen LogP contribution is 2.61. The van der Waals surface area contributed by atoms with Crippen molar-refractivity contribution < 1.29 is 4.42 Å². The maximum Gasteiger partial charge on any atom is 0.136 e. The van der Waals surface area contributed by atoms with Gasteiger partial charge < -0.3 is 9.32 Å².